The summed E-state index contributed by atoms with van der Waals surface area (Å²) in [5.74, 6) is -0.293. The molecule has 0 aliphatic carbocycles. The Bertz CT molecular complexity index is 991. The molecule has 29 heavy (non-hydrogen) atoms. The topological polar surface area (TPSA) is 65.1 Å². The molecule has 3 heterocycles. The van der Waals surface area contributed by atoms with Gasteiger partial charge in [-0.3, -0.25) is 9.36 Å². The standard InChI is InChI=1S/C12H17BrN4.C8H8BFO2/c1-4-11-9(8-17(5-2)14-11)6-10-7-16(3)15-12(10)13;1-5-7-4-6(10)2-3-8(7)9(11)12-5/h7-8H,4-6H2,1-3H3;2-5,11H,1H3/t;5-/m.1/s1. The Labute approximate surface area is 179 Å². The lowest BCUT2D eigenvalue weighted by Crippen LogP contribution is -2.27. The summed E-state index contributed by atoms with van der Waals surface area (Å²) in [6.45, 7) is 6.95. The van der Waals surface area contributed by atoms with E-state index in [-0.39, 0.29) is 11.9 Å². The number of hydrogen-bond donors (Lipinski definition) is 1. The molecule has 0 fully saturated rings. The predicted molar refractivity (Wildman–Crippen MR) is 114 cm³/mol. The van der Waals surface area contributed by atoms with Gasteiger partial charge in [-0.05, 0) is 64.9 Å². The highest BCUT2D eigenvalue weighted by molar-refractivity contribution is 9.10. The number of fused-ring (bicyclic) bond motifs is 1. The van der Waals surface area contributed by atoms with Crippen molar-refractivity contribution in [3.8, 4) is 0 Å². The Morgan fingerprint density at radius 1 is 1.24 bits per heavy atom. The Hall–Kier alpha value is -1.97. The smallest absolute Gasteiger partial charge is 0.423 e. The fraction of sp³-hybridized carbons (Fsp3) is 0.400. The first-order valence-corrected chi connectivity index (χ1v) is 10.5. The summed E-state index contributed by atoms with van der Waals surface area (Å²) in [6, 6.07) is 4.28. The molecule has 0 spiro atoms. The number of benzene rings is 1. The van der Waals surface area contributed by atoms with Gasteiger partial charge in [0.1, 0.15) is 10.4 Å². The number of halogens is 2. The molecule has 6 nitrogen and oxygen atoms in total. The second-order valence-electron chi connectivity index (χ2n) is 7.01. The van der Waals surface area contributed by atoms with Crippen LogP contribution in [0.1, 0.15) is 49.3 Å². The van der Waals surface area contributed by atoms with Crippen LogP contribution in [0.4, 0.5) is 4.39 Å². The zero-order chi connectivity index (χ0) is 21.1. The maximum absolute atomic E-state index is 12.7. The van der Waals surface area contributed by atoms with Gasteiger partial charge in [0.25, 0.3) is 0 Å². The lowest BCUT2D eigenvalue weighted by Gasteiger charge is -2.02. The molecule has 0 saturated carbocycles. The molecule has 4 rings (SSSR count). The summed E-state index contributed by atoms with van der Waals surface area (Å²) in [5, 5.41) is 18.1. The number of rotatable bonds is 4. The van der Waals surface area contributed by atoms with Gasteiger partial charge in [0, 0.05) is 38.0 Å². The van der Waals surface area contributed by atoms with Crippen LogP contribution in [0, 0.1) is 5.82 Å². The minimum absolute atomic E-state index is 0.217. The van der Waals surface area contributed by atoms with Crippen LogP contribution in [0.5, 0.6) is 0 Å². The van der Waals surface area contributed by atoms with E-state index in [1.165, 1.54) is 29.0 Å². The van der Waals surface area contributed by atoms with E-state index in [9.17, 15) is 9.41 Å². The minimum Gasteiger partial charge on any atom is -0.423 e. The highest BCUT2D eigenvalue weighted by Crippen LogP contribution is 2.23. The number of nitrogens with zero attached hydrogens (tertiary/aromatic N) is 4. The zero-order valence-electron chi connectivity index (χ0n) is 17.1. The van der Waals surface area contributed by atoms with Crippen LogP contribution in [0.3, 0.4) is 0 Å². The Kier molecular flexibility index (Phi) is 6.92. The zero-order valence-corrected chi connectivity index (χ0v) is 18.6. The Balaban J connectivity index is 0.000000176. The van der Waals surface area contributed by atoms with Crippen LogP contribution in [0.25, 0.3) is 0 Å². The van der Waals surface area contributed by atoms with Crippen molar-refractivity contribution in [1.29, 1.82) is 0 Å². The van der Waals surface area contributed by atoms with E-state index in [1.807, 2.05) is 22.6 Å². The van der Waals surface area contributed by atoms with Gasteiger partial charge >= 0.3 is 7.12 Å². The largest absolute Gasteiger partial charge is 0.491 e. The molecule has 154 valence electrons. The summed E-state index contributed by atoms with van der Waals surface area (Å²) in [7, 11) is 1.04. The number of aryl methyl sites for hydroxylation is 3. The van der Waals surface area contributed by atoms with E-state index in [0.717, 1.165) is 29.6 Å². The van der Waals surface area contributed by atoms with Gasteiger partial charge in [-0.15, -0.1) is 0 Å². The van der Waals surface area contributed by atoms with Gasteiger partial charge in [0.15, 0.2) is 0 Å². The van der Waals surface area contributed by atoms with E-state index in [1.54, 1.807) is 13.0 Å². The Morgan fingerprint density at radius 2 is 2.00 bits per heavy atom. The van der Waals surface area contributed by atoms with Crippen molar-refractivity contribution in [2.75, 3.05) is 0 Å². The monoisotopic (exact) mass is 462 g/mol. The molecule has 3 aromatic rings. The molecule has 0 saturated heterocycles. The van der Waals surface area contributed by atoms with Crippen molar-refractivity contribution in [2.45, 2.75) is 46.3 Å². The summed E-state index contributed by atoms with van der Waals surface area (Å²) in [6.07, 6.45) is 5.83. The summed E-state index contributed by atoms with van der Waals surface area (Å²) in [5.41, 5.74) is 5.09. The Morgan fingerprint density at radius 3 is 2.62 bits per heavy atom. The van der Waals surface area contributed by atoms with Gasteiger partial charge in [-0.2, -0.15) is 10.2 Å². The van der Waals surface area contributed by atoms with Gasteiger partial charge in [-0.25, -0.2) is 4.39 Å². The third kappa shape index (κ3) is 4.97. The minimum atomic E-state index is -0.893. The van der Waals surface area contributed by atoms with Crippen molar-refractivity contribution >= 4 is 28.5 Å². The molecule has 1 atom stereocenters. The van der Waals surface area contributed by atoms with Gasteiger partial charge in [0.05, 0.1) is 11.8 Å². The second-order valence-corrected chi connectivity index (χ2v) is 7.76. The average Bonchev–Trinajstić information content (AvgIpc) is 3.32. The van der Waals surface area contributed by atoms with Crippen molar-refractivity contribution < 1.29 is 14.1 Å². The molecule has 0 radical (unpaired) electrons. The van der Waals surface area contributed by atoms with E-state index < -0.39 is 7.12 Å². The van der Waals surface area contributed by atoms with E-state index in [4.69, 9.17) is 4.65 Å². The SMILES string of the molecule is CCc1nn(CC)cc1Cc1cn(C)nc1Br.C[C@H]1OB(O)c2ccc(F)cc21. The molecule has 0 bridgehead atoms. The maximum atomic E-state index is 12.7. The molecule has 9 heteroatoms. The van der Waals surface area contributed by atoms with Crippen molar-refractivity contribution in [3.05, 3.63) is 63.4 Å². The average molecular weight is 463 g/mol. The molecule has 0 unspecified atom stereocenters. The van der Waals surface area contributed by atoms with Crippen LogP contribution >= 0.6 is 15.9 Å². The van der Waals surface area contributed by atoms with Crippen molar-refractivity contribution in [1.82, 2.24) is 19.6 Å². The molecule has 1 aliphatic rings. The molecule has 0 amide bonds. The molecular formula is C20H25BBrFN4O2. The van der Waals surface area contributed by atoms with Gasteiger partial charge < -0.3 is 9.68 Å². The lowest BCUT2D eigenvalue weighted by atomic mass is 9.79. The number of hydrogen-bond acceptors (Lipinski definition) is 4. The van der Waals surface area contributed by atoms with Crippen LogP contribution in [0.2, 0.25) is 0 Å². The van der Waals surface area contributed by atoms with E-state index >= 15 is 0 Å². The van der Waals surface area contributed by atoms with Crippen LogP contribution in [-0.2, 0) is 31.1 Å². The third-order valence-corrected chi connectivity index (χ3v) is 5.57. The molecule has 1 aliphatic heterocycles. The van der Waals surface area contributed by atoms with Crippen LogP contribution in [0.15, 0.2) is 35.2 Å². The third-order valence-electron chi connectivity index (χ3n) is 4.90. The van der Waals surface area contributed by atoms with E-state index in [2.05, 4.69) is 46.2 Å². The summed E-state index contributed by atoms with van der Waals surface area (Å²) in [4.78, 5) is 0. The first-order chi connectivity index (χ1) is 13.8. The summed E-state index contributed by atoms with van der Waals surface area (Å²) >= 11 is 3.49. The normalized spacial score (nSPS) is 15.3. The van der Waals surface area contributed by atoms with Crippen LogP contribution < -0.4 is 5.46 Å². The molecule has 2 aromatic heterocycles. The molecule has 1 N–H and O–H groups in total. The quantitative estimate of drug-likeness (QED) is 0.605. The predicted octanol–water partition coefficient (Wildman–Crippen LogP) is 3.16. The first kappa shape index (κ1) is 21.7. The van der Waals surface area contributed by atoms with Crippen molar-refractivity contribution in [3.63, 3.8) is 0 Å². The first-order valence-electron chi connectivity index (χ1n) is 9.68. The van der Waals surface area contributed by atoms with Gasteiger partial charge in [-0.1, -0.05) is 13.0 Å². The number of aromatic nitrogens is 4. The molecule has 1 aromatic carbocycles. The van der Waals surface area contributed by atoms with Gasteiger partial charge in [0.2, 0.25) is 0 Å². The van der Waals surface area contributed by atoms with Crippen LogP contribution in [-0.4, -0.2) is 31.7 Å². The molecular weight excluding hydrogens is 438 g/mol. The van der Waals surface area contributed by atoms with Crippen molar-refractivity contribution in [2.24, 2.45) is 7.05 Å². The second kappa shape index (κ2) is 9.23. The van der Waals surface area contributed by atoms with E-state index in [0.29, 0.717) is 5.46 Å². The fourth-order valence-electron chi connectivity index (χ4n) is 3.41. The fourth-order valence-corrected chi connectivity index (χ4v) is 3.90. The highest BCUT2D eigenvalue weighted by Gasteiger charge is 2.32. The summed E-state index contributed by atoms with van der Waals surface area (Å²) < 4.78 is 22.6. The lowest BCUT2D eigenvalue weighted by molar-refractivity contribution is 0.208. The highest BCUT2D eigenvalue weighted by atomic mass is 79.9. The maximum Gasteiger partial charge on any atom is 0.491 e.